The molecule has 2 rings (SSSR count). The normalized spacial score (nSPS) is 33.5. The molecule has 3 heteroatoms. The Morgan fingerprint density at radius 1 is 1.46 bits per heavy atom. The predicted octanol–water partition coefficient (Wildman–Crippen LogP) is 4.78. The minimum Gasteiger partial charge on any atom is -0.459 e. The van der Waals surface area contributed by atoms with Crippen molar-refractivity contribution in [1.29, 1.82) is 0 Å². The van der Waals surface area contributed by atoms with Crippen molar-refractivity contribution in [3.05, 3.63) is 35.5 Å². The number of esters is 1. The fourth-order valence-electron chi connectivity index (χ4n) is 3.95. The van der Waals surface area contributed by atoms with E-state index in [2.05, 4.69) is 20.4 Å². The molecule has 0 spiro atoms. The van der Waals surface area contributed by atoms with Gasteiger partial charge < -0.3 is 4.74 Å². The molecule has 2 aliphatic rings. The Hall–Kier alpha value is -1.64. The summed E-state index contributed by atoms with van der Waals surface area (Å²) in [5, 5.41) is 0. The van der Waals surface area contributed by atoms with Crippen molar-refractivity contribution in [1.82, 2.24) is 0 Å². The first-order valence-electron chi connectivity index (χ1n) is 8.97. The third kappa shape index (κ3) is 3.55. The van der Waals surface area contributed by atoms with Gasteiger partial charge >= 0.3 is 5.97 Å². The van der Waals surface area contributed by atoms with Gasteiger partial charge in [0.1, 0.15) is 6.10 Å². The average molecular weight is 330 g/mol. The lowest BCUT2D eigenvalue weighted by Crippen LogP contribution is -2.46. The Bertz CT molecular complexity index is 611. The molecule has 2 aliphatic carbocycles. The van der Waals surface area contributed by atoms with Crippen LogP contribution in [0.15, 0.2) is 35.5 Å². The van der Waals surface area contributed by atoms with Crippen LogP contribution in [-0.4, -0.2) is 17.9 Å². The van der Waals surface area contributed by atoms with Crippen LogP contribution >= 0.6 is 0 Å². The van der Waals surface area contributed by atoms with Crippen LogP contribution in [0.1, 0.15) is 60.3 Å². The highest BCUT2D eigenvalue weighted by atomic mass is 16.5. The molecule has 0 amide bonds. The molecule has 0 radical (unpaired) electrons. The van der Waals surface area contributed by atoms with Crippen molar-refractivity contribution < 1.29 is 14.3 Å². The lowest BCUT2D eigenvalue weighted by molar-refractivity contribution is -0.150. The molecule has 0 aliphatic heterocycles. The Morgan fingerprint density at radius 2 is 2.12 bits per heavy atom. The van der Waals surface area contributed by atoms with E-state index in [-0.39, 0.29) is 35.1 Å². The van der Waals surface area contributed by atoms with E-state index in [1.807, 2.05) is 26.8 Å². The summed E-state index contributed by atoms with van der Waals surface area (Å²) in [6.07, 6.45) is 6.57. The molecular weight excluding hydrogens is 300 g/mol. The maximum atomic E-state index is 12.3. The summed E-state index contributed by atoms with van der Waals surface area (Å²) in [6, 6.07) is 0. The van der Waals surface area contributed by atoms with Gasteiger partial charge in [0.05, 0.1) is 0 Å². The van der Waals surface area contributed by atoms with Gasteiger partial charge in [0, 0.05) is 17.9 Å². The number of hydrogen-bond acceptors (Lipinski definition) is 3. The Labute approximate surface area is 145 Å². The summed E-state index contributed by atoms with van der Waals surface area (Å²) >= 11 is 0. The van der Waals surface area contributed by atoms with Gasteiger partial charge in [-0.25, -0.2) is 4.79 Å². The van der Waals surface area contributed by atoms with Gasteiger partial charge in [-0.2, -0.15) is 0 Å². The van der Waals surface area contributed by atoms with Gasteiger partial charge in [-0.05, 0) is 51.0 Å². The summed E-state index contributed by atoms with van der Waals surface area (Å²) in [6.45, 7) is 14.2. The molecule has 24 heavy (non-hydrogen) atoms. The van der Waals surface area contributed by atoms with Crippen LogP contribution in [0.3, 0.4) is 0 Å². The molecule has 0 unspecified atom stereocenters. The lowest BCUT2D eigenvalue weighted by Gasteiger charge is -2.49. The van der Waals surface area contributed by atoms with Crippen LogP contribution in [-0.2, 0) is 14.3 Å². The van der Waals surface area contributed by atoms with E-state index in [1.165, 1.54) is 5.57 Å². The van der Waals surface area contributed by atoms with Gasteiger partial charge in [-0.1, -0.05) is 44.1 Å². The first-order valence-corrected chi connectivity index (χ1v) is 8.97. The maximum absolute atomic E-state index is 12.3. The van der Waals surface area contributed by atoms with Crippen molar-refractivity contribution >= 4 is 11.8 Å². The third-order valence-corrected chi connectivity index (χ3v) is 6.07. The van der Waals surface area contributed by atoms with E-state index in [0.29, 0.717) is 0 Å². The number of ether oxygens (including phenoxy) is 1. The largest absolute Gasteiger partial charge is 0.459 e. The zero-order chi connectivity index (χ0) is 18.1. The first-order chi connectivity index (χ1) is 11.2. The molecule has 0 aromatic carbocycles. The number of rotatable bonds is 4. The van der Waals surface area contributed by atoms with Crippen molar-refractivity contribution in [2.75, 3.05) is 0 Å². The molecule has 0 aromatic heterocycles. The van der Waals surface area contributed by atoms with Crippen molar-refractivity contribution in [3.63, 3.8) is 0 Å². The number of allylic oxidation sites excluding steroid dienone is 4. The van der Waals surface area contributed by atoms with Crippen LogP contribution in [0.25, 0.3) is 0 Å². The summed E-state index contributed by atoms with van der Waals surface area (Å²) in [5.74, 6) is 0.00862. The fraction of sp³-hybridized carbons (Fsp3) is 0.619. The second-order valence-corrected chi connectivity index (χ2v) is 7.74. The summed E-state index contributed by atoms with van der Waals surface area (Å²) in [4.78, 5) is 24.5. The van der Waals surface area contributed by atoms with E-state index in [9.17, 15) is 9.59 Å². The van der Waals surface area contributed by atoms with Crippen molar-refractivity contribution in [2.24, 2.45) is 17.3 Å². The van der Waals surface area contributed by atoms with Crippen LogP contribution in [0.4, 0.5) is 0 Å². The Balaban J connectivity index is 2.20. The Morgan fingerprint density at radius 3 is 2.71 bits per heavy atom. The zero-order valence-electron chi connectivity index (χ0n) is 15.6. The highest BCUT2D eigenvalue weighted by Gasteiger charge is 2.48. The van der Waals surface area contributed by atoms with Gasteiger partial charge in [0.25, 0.3) is 0 Å². The molecule has 1 fully saturated rings. The van der Waals surface area contributed by atoms with Gasteiger partial charge in [0.2, 0.25) is 0 Å². The van der Waals surface area contributed by atoms with E-state index in [4.69, 9.17) is 4.74 Å². The van der Waals surface area contributed by atoms with Crippen LogP contribution < -0.4 is 0 Å². The van der Waals surface area contributed by atoms with Gasteiger partial charge in [-0.3, -0.25) is 4.79 Å². The molecule has 0 N–H and O–H groups in total. The lowest BCUT2D eigenvalue weighted by atomic mass is 9.57. The molecule has 0 heterocycles. The smallest absolute Gasteiger partial charge is 0.330 e. The molecule has 0 aromatic rings. The number of fused-ring (bicyclic) bond motifs is 1. The van der Waals surface area contributed by atoms with Crippen LogP contribution in [0.2, 0.25) is 0 Å². The summed E-state index contributed by atoms with van der Waals surface area (Å²) in [5.41, 5.74) is 3.06. The van der Waals surface area contributed by atoms with Crippen molar-refractivity contribution in [2.45, 2.75) is 66.4 Å². The minimum atomic E-state index is -0.245. The average Bonchev–Trinajstić information content (AvgIpc) is 2.51. The second kappa shape index (κ2) is 7.08. The Kier molecular flexibility index (Phi) is 5.52. The van der Waals surface area contributed by atoms with E-state index < -0.39 is 0 Å². The predicted molar refractivity (Wildman–Crippen MR) is 96.4 cm³/mol. The zero-order valence-corrected chi connectivity index (χ0v) is 15.6. The van der Waals surface area contributed by atoms with E-state index in [0.717, 1.165) is 36.8 Å². The van der Waals surface area contributed by atoms with Crippen LogP contribution in [0.5, 0.6) is 0 Å². The third-order valence-electron chi connectivity index (χ3n) is 6.07. The second-order valence-electron chi connectivity index (χ2n) is 7.74. The molecule has 1 saturated carbocycles. The molecule has 0 bridgehead atoms. The summed E-state index contributed by atoms with van der Waals surface area (Å²) in [7, 11) is 0. The van der Waals surface area contributed by atoms with E-state index >= 15 is 0 Å². The fourth-order valence-corrected chi connectivity index (χ4v) is 3.95. The molecule has 132 valence electrons. The number of carbonyl (C=O) groups excluding carboxylic acids is 2. The molecular formula is C21H30O3. The maximum Gasteiger partial charge on any atom is 0.330 e. The van der Waals surface area contributed by atoms with Gasteiger partial charge in [0.15, 0.2) is 5.78 Å². The van der Waals surface area contributed by atoms with Crippen molar-refractivity contribution in [3.8, 4) is 0 Å². The van der Waals surface area contributed by atoms with E-state index in [1.54, 1.807) is 6.08 Å². The molecule has 4 atom stereocenters. The van der Waals surface area contributed by atoms with Gasteiger partial charge in [-0.15, -0.1) is 0 Å². The number of carbonyl (C=O) groups is 2. The molecule has 0 saturated heterocycles. The SMILES string of the molecule is C=C(C)[C@@H]1C[C@@]2(C)C(=CC1=O)CC[C@@H](OC(=O)/C=C(\C)CC)[C@@H]2C. The quantitative estimate of drug-likeness (QED) is 0.423. The number of hydrogen-bond donors (Lipinski definition) is 0. The minimum absolute atomic E-state index is 0.0977. The molecule has 3 nitrogen and oxygen atoms in total. The first kappa shape index (κ1) is 18.7. The number of ketones is 1. The topological polar surface area (TPSA) is 43.4 Å². The highest BCUT2D eigenvalue weighted by molar-refractivity contribution is 5.95. The van der Waals surface area contributed by atoms with Crippen LogP contribution in [0, 0.1) is 17.3 Å². The monoisotopic (exact) mass is 330 g/mol. The standard InChI is InChI=1S/C21H30O3/c1-7-14(4)10-20(23)24-19-9-8-16-11-18(22)17(13(2)3)12-21(16,6)15(19)5/h10-11,15,17,19H,2,7-9,12H2,1,3-6H3/b14-10+/t15-,17-,19+,21+/m0/s1. The highest BCUT2D eigenvalue weighted by Crippen LogP contribution is 2.52. The summed E-state index contributed by atoms with van der Waals surface area (Å²) < 4.78 is 5.76.